The molecular formula is C14H23N3O. The number of carbonyl (C=O) groups excluding carboxylic acids is 1. The fourth-order valence-corrected chi connectivity index (χ4v) is 3.03. The van der Waals surface area contributed by atoms with Gasteiger partial charge in [0.25, 0.3) is 0 Å². The van der Waals surface area contributed by atoms with Crippen molar-refractivity contribution in [2.45, 2.75) is 51.0 Å². The lowest BCUT2D eigenvalue weighted by molar-refractivity contribution is -0.123. The van der Waals surface area contributed by atoms with Gasteiger partial charge in [0, 0.05) is 12.6 Å². The van der Waals surface area contributed by atoms with Crippen LogP contribution in [-0.2, 0) is 4.79 Å². The molecule has 1 amide bonds. The average molecular weight is 249 g/mol. The number of amides is 1. The smallest absolute Gasteiger partial charge is 0.234 e. The molecule has 1 atom stereocenters. The summed E-state index contributed by atoms with van der Waals surface area (Å²) >= 11 is 0. The molecule has 4 nitrogen and oxygen atoms in total. The highest BCUT2D eigenvalue weighted by Crippen LogP contribution is 2.18. The van der Waals surface area contributed by atoms with Gasteiger partial charge in [0.2, 0.25) is 5.91 Å². The first kappa shape index (κ1) is 13.4. The predicted octanol–water partition coefficient (Wildman–Crippen LogP) is 1.67. The lowest BCUT2D eigenvalue weighted by Gasteiger charge is -2.30. The minimum atomic E-state index is 0.112. The van der Waals surface area contributed by atoms with E-state index in [1.54, 1.807) is 0 Å². The minimum Gasteiger partial charge on any atom is -0.352 e. The van der Waals surface area contributed by atoms with E-state index in [2.05, 4.69) is 16.3 Å². The first-order valence-electron chi connectivity index (χ1n) is 7.19. The van der Waals surface area contributed by atoms with Crippen molar-refractivity contribution < 1.29 is 4.79 Å². The number of hydrogen-bond donors (Lipinski definition) is 1. The summed E-state index contributed by atoms with van der Waals surface area (Å²) in [5.41, 5.74) is 0. The molecule has 1 N–H and O–H groups in total. The van der Waals surface area contributed by atoms with E-state index in [1.807, 2.05) is 0 Å². The van der Waals surface area contributed by atoms with Gasteiger partial charge >= 0.3 is 0 Å². The van der Waals surface area contributed by atoms with Gasteiger partial charge in [0.1, 0.15) is 0 Å². The van der Waals surface area contributed by atoms with Gasteiger partial charge in [-0.05, 0) is 32.2 Å². The Morgan fingerprint density at radius 2 is 2.00 bits per heavy atom. The summed E-state index contributed by atoms with van der Waals surface area (Å²) in [4.78, 5) is 14.1. The second-order valence-corrected chi connectivity index (χ2v) is 5.61. The van der Waals surface area contributed by atoms with Gasteiger partial charge in [-0.3, -0.25) is 9.69 Å². The van der Waals surface area contributed by atoms with Crippen LogP contribution in [0.4, 0.5) is 0 Å². The molecule has 0 radical (unpaired) electrons. The predicted molar refractivity (Wildman–Crippen MR) is 69.8 cm³/mol. The molecule has 1 aliphatic carbocycles. The summed E-state index contributed by atoms with van der Waals surface area (Å²) in [6.45, 7) is 2.18. The normalized spacial score (nSPS) is 26.5. The van der Waals surface area contributed by atoms with Gasteiger partial charge in [-0.1, -0.05) is 19.3 Å². The van der Waals surface area contributed by atoms with Crippen molar-refractivity contribution in [3.63, 3.8) is 0 Å². The van der Waals surface area contributed by atoms with Crippen LogP contribution in [0, 0.1) is 17.2 Å². The SMILES string of the molecule is N#CC1CCCN(CC(=O)NC2CCCCC2)C1. The highest BCUT2D eigenvalue weighted by Gasteiger charge is 2.22. The molecule has 0 spiro atoms. The number of likely N-dealkylation sites (tertiary alicyclic amines) is 1. The monoisotopic (exact) mass is 249 g/mol. The molecule has 2 aliphatic rings. The van der Waals surface area contributed by atoms with Crippen molar-refractivity contribution in [3.8, 4) is 6.07 Å². The number of hydrogen-bond acceptors (Lipinski definition) is 3. The van der Waals surface area contributed by atoms with Crippen LogP contribution >= 0.6 is 0 Å². The first-order valence-corrected chi connectivity index (χ1v) is 7.19. The number of piperidine rings is 1. The van der Waals surface area contributed by atoms with Gasteiger partial charge in [0.05, 0.1) is 18.5 Å². The number of rotatable bonds is 3. The number of carbonyl (C=O) groups is 1. The maximum atomic E-state index is 11.9. The molecule has 2 rings (SSSR count). The molecule has 1 aliphatic heterocycles. The fourth-order valence-electron chi connectivity index (χ4n) is 3.03. The summed E-state index contributed by atoms with van der Waals surface area (Å²) in [5, 5.41) is 12.1. The van der Waals surface area contributed by atoms with Crippen molar-refractivity contribution in [3.05, 3.63) is 0 Å². The molecule has 1 unspecified atom stereocenters. The van der Waals surface area contributed by atoms with Crippen LogP contribution in [-0.4, -0.2) is 36.5 Å². The van der Waals surface area contributed by atoms with Crippen LogP contribution < -0.4 is 5.32 Å². The van der Waals surface area contributed by atoms with E-state index in [0.717, 1.165) is 38.8 Å². The van der Waals surface area contributed by atoms with Crippen LogP contribution in [0.1, 0.15) is 44.9 Å². The molecule has 1 saturated heterocycles. The summed E-state index contributed by atoms with van der Waals surface area (Å²) in [7, 11) is 0. The third-order valence-corrected chi connectivity index (χ3v) is 4.03. The van der Waals surface area contributed by atoms with E-state index in [9.17, 15) is 4.79 Å². The third-order valence-electron chi connectivity index (χ3n) is 4.03. The van der Waals surface area contributed by atoms with Crippen molar-refractivity contribution in [2.75, 3.05) is 19.6 Å². The zero-order valence-corrected chi connectivity index (χ0v) is 11.0. The number of nitrogens with zero attached hydrogens (tertiary/aromatic N) is 2. The maximum absolute atomic E-state index is 11.9. The van der Waals surface area contributed by atoms with Crippen molar-refractivity contribution in [1.29, 1.82) is 5.26 Å². The van der Waals surface area contributed by atoms with Crippen LogP contribution in [0.3, 0.4) is 0 Å². The van der Waals surface area contributed by atoms with Gasteiger partial charge in [-0.2, -0.15) is 5.26 Å². The van der Waals surface area contributed by atoms with E-state index < -0.39 is 0 Å². The van der Waals surface area contributed by atoms with E-state index in [1.165, 1.54) is 19.3 Å². The van der Waals surface area contributed by atoms with Crippen LogP contribution in [0.5, 0.6) is 0 Å². The topological polar surface area (TPSA) is 56.1 Å². The van der Waals surface area contributed by atoms with Crippen molar-refractivity contribution in [2.24, 2.45) is 5.92 Å². The number of nitrogens with one attached hydrogen (secondary N) is 1. The molecule has 18 heavy (non-hydrogen) atoms. The Bertz CT molecular complexity index is 317. The van der Waals surface area contributed by atoms with E-state index in [0.29, 0.717) is 12.6 Å². The standard InChI is InChI=1S/C14H23N3O/c15-9-12-5-4-8-17(10-12)11-14(18)16-13-6-2-1-3-7-13/h12-13H,1-8,10-11H2,(H,16,18). The molecule has 0 aromatic rings. The summed E-state index contributed by atoms with van der Waals surface area (Å²) < 4.78 is 0. The van der Waals surface area contributed by atoms with E-state index in [4.69, 9.17) is 5.26 Å². The molecule has 1 saturated carbocycles. The summed E-state index contributed by atoms with van der Waals surface area (Å²) in [6, 6.07) is 2.71. The van der Waals surface area contributed by atoms with Crippen molar-refractivity contribution >= 4 is 5.91 Å². The molecule has 0 aromatic carbocycles. The van der Waals surface area contributed by atoms with Gasteiger partial charge in [0.15, 0.2) is 0 Å². The highest BCUT2D eigenvalue weighted by molar-refractivity contribution is 5.78. The van der Waals surface area contributed by atoms with Crippen LogP contribution in [0.25, 0.3) is 0 Å². The summed E-state index contributed by atoms with van der Waals surface area (Å²) in [5.74, 6) is 0.252. The molecule has 1 heterocycles. The lowest BCUT2D eigenvalue weighted by Crippen LogP contribution is -2.45. The second-order valence-electron chi connectivity index (χ2n) is 5.61. The average Bonchev–Trinajstić information content (AvgIpc) is 2.40. The molecular weight excluding hydrogens is 226 g/mol. The Morgan fingerprint density at radius 1 is 1.22 bits per heavy atom. The lowest BCUT2D eigenvalue weighted by atomic mass is 9.95. The Labute approximate surface area is 109 Å². The largest absolute Gasteiger partial charge is 0.352 e. The van der Waals surface area contributed by atoms with Gasteiger partial charge in [-0.25, -0.2) is 0 Å². The molecule has 2 fully saturated rings. The Balaban J connectivity index is 1.71. The summed E-state index contributed by atoms with van der Waals surface area (Å²) in [6.07, 6.45) is 8.07. The van der Waals surface area contributed by atoms with Crippen LogP contribution in [0.15, 0.2) is 0 Å². The molecule has 4 heteroatoms. The van der Waals surface area contributed by atoms with Gasteiger partial charge in [-0.15, -0.1) is 0 Å². The first-order chi connectivity index (χ1) is 8.78. The molecule has 100 valence electrons. The molecule has 0 aromatic heterocycles. The highest BCUT2D eigenvalue weighted by atomic mass is 16.2. The third kappa shape index (κ3) is 3.99. The second kappa shape index (κ2) is 6.75. The Hall–Kier alpha value is -1.08. The number of nitriles is 1. The van der Waals surface area contributed by atoms with Gasteiger partial charge < -0.3 is 5.32 Å². The Kier molecular flexibility index (Phi) is 5.00. The zero-order valence-electron chi connectivity index (χ0n) is 11.0. The quantitative estimate of drug-likeness (QED) is 0.827. The van der Waals surface area contributed by atoms with Crippen molar-refractivity contribution in [1.82, 2.24) is 10.2 Å². The maximum Gasteiger partial charge on any atom is 0.234 e. The minimum absolute atomic E-state index is 0.112. The van der Waals surface area contributed by atoms with Crippen LogP contribution in [0.2, 0.25) is 0 Å². The molecule has 0 bridgehead atoms. The zero-order chi connectivity index (χ0) is 12.8. The van der Waals surface area contributed by atoms with E-state index >= 15 is 0 Å². The van der Waals surface area contributed by atoms with E-state index in [-0.39, 0.29) is 11.8 Å². The Morgan fingerprint density at radius 3 is 2.72 bits per heavy atom. The fraction of sp³-hybridized carbons (Fsp3) is 0.857.